The molecule has 0 aromatic carbocycles. The van der Waals surface area contributed by atoms with Gasteiger partial charge >= 0.3 is 0 Å². The van der Waals surface area contributed by atoms with Crippen LogP contribution < -0.4 is 0 Å². The molecule has 0 saturated heterocycles. The van der Waals surface area contributed by atoms with Crippen LogP contribution in [0.2, 0.25) is 0 Å². The third-order valence-electron chi connectivity index (χ3n) is 2.45. The van der Waals surface area contributed by atoms with E-state index in [2.05, 4.69) is 0 Å². The molecule has 2 N–H and O–H groups in total. The van der Waals surface area contributed by atoms with Crippen molar-refractivity contribution in [2.45, 2.75) is 37.5 Å². The zero-order chi connectivity index (χ0) is 9.41. The van der Waals surface area contributed by atoms with Crippen molar-refractivity contribution >= 4 is 10.1 Å². The summed E-state index contributed by atoms with van der Waals surface area (Å²) in [5.41, 5.74) is 0. The summed E-state index contributed by atoms with van der Waals surface area (Å²) in [6, 6.07) is 0. The summed E-state index contributed by atoms with van der Waals surface area (Å²) in [5.74, 6) is 0.252. The van der Waals surface area contributed by atoms with Gasteiger partial charge in [-0.2, -0.15) is 8.42 Å². The van der Waals surface area contributed by atoms with Crippen molar-refractivity contribution in [3.63, 3.8) is 0 Å². The summed E-state index contributed by atoms with van der Waals surface area (Å²) in [7, 11) is -4.32. The lowest BCUT2D eigenvalue weighted by Crippen LogP contribution is -2.38. The lowest BCUT2D eigenvalue weighted by Gasteiger charge is -2.31. The van der Waals surface area contributed by atoms with E-state index in [1.807, 2.05) is 0 Å². The van der Waals surface area contributed by atoms with E-state index in [1.54, 1.807) is 0 Å². The minimum absolute atomic E-state index is 0.145. The lowest BCUT2D eigenvalue weighted by molar-refractivity contribution is 0.0836. The summed E-state index contributed by atoms with van der Waals surface area (Å²) >= 11 is 0. The molecule has 0 aromatic heterocycles. The molecule has 5 heteroatoms. The maximum absolute atomic E-state index is 10.6. The van der Waals surface area contributed by atoms with Crippen LogP contribution in [-0.4, -0.2) is 23.0 Å². The van der Waals surface area contributed by atoms with Crippen LogP contribution in [0.4, 0.5) is 0 Å². The zero-order valence-electron chi connectivity index (χ0n) is 7.02. The molecule has 0 amide bonds. The molecule has 12 heavy (non-hydrogen) atoms. The minimum Gasteiger partial charge on any atom is -0.373 e. The van der Waals surface area contributed by atoms with E-state index in [1.165, 1.54) is 0 Å². The first-order chi connectivity index (χ1) is 5.33. The van der Waals surface area contributed by atoms with Gasteiger partial charge in [-0.25, -0.2) is 0 Å². The Balaban J connectivity index is 2.59. The average molecular weight is 194 g/mol. The molecule has 1 atom stereocenters. The molecular formula is C7H14O4S. The highest BCUT2D eigenvalue weighted by Crippen LogP contribution is 2.35. The quantitative estimate of drug-likeness (QED) is 0.651. The second-order valence-electron chi connectivity index (χ2n) is 3.65. The minimum atomic E-state index is -4.32. The monoisotopic (exact) mass is 194 g/mol. The summed E-state index contributed by atoms with van der Waals surface area (Å²) < 4.78 is 29.9. The van der Waals surface area contributed by atoms with Gasteiger partial charge < -0.3 is 5.11 Å². The molecular weight excluding hydrogens is 180 g/mol. The molecule has 0 aromatic rings. The number of hydrogen-bond donors (Lipinski definition) is 2. The Labute approximate surface area is 72.3 Å². The molecule has 1 aliphatic carbocycles. The van der Waals surface area contributed by atoms with Crippen LogP contribution in [0.25, 0.3) is 0 Å². The van der Waals surface area contributed by atoms with Crippen molar-refractivity contribution < 1.29 is 18.1 Å². The molecule has 1 rings (SSSR count). The Bertz CT molecular complexity index is 251. The standard InChI is InChI=1S/C7H14O4S/c1-7(8,12(9,10)11)5-6-3-2-4-6/h6,8H,2-5H2,1H3,(H,9,10,11). The van der Waals surface area contributed by atoms with Gasteiger partial charge in [-0.05, 0) is 19.3 Å². The highest BCUT2D eigenvalue weighted by molar-refractivity contribution is 7.87. The van der Waals surface area contributed by atoms with E-state index in [-0.39, 0.29) is 12.3 Å². The normalized spacial score (nSPS) is 24.6. The Hall–Kier alpha value is -0.130. The second kappa shape index (κ2) is 2.97. The molecule has 1 aliphatic rings. The van der Waals surface area contributed by atoms with Crippen molar-refractivity contribution in [1.82, 2.24) is 0 Å². The fraction of sp³-hybridized carbons (Fsp3) is 1.00. The van der Waals surface area contributed by atoms with Gasteiger partial charge in [-0.15, -0.1) is 0 Å². The maximum atomic E-state index is 10.6. The summed E-state index contributed by atoms with van der Waals surface area (Å²) in [5, 5.41) is 9.35. The van der Waals surface area contributed by atoms with Crippen LogP contribution >= 0.6 is 0 Å². The first-order valence-electron chi connectivity index (χ1n) is 4.02. The molecule has 0 aliphatic heterocycles. The van der Waals surface area contributed by atoms with E-state index < -0.39 is 15.1 Å². The smallest absolute Gasteiger partial charge is 0.294 e. The Morgan fingerprint density at radius 1 is 1.50 bits per heavy atom. The van der Waals surface area contributed by atoms with Crippen LogP contribution in [0.15, 0.2) is 0 Å². The summed E-state index contributed by atoms with van der Waals surface area (Å²) in [6.45, 7) is 1.14. The zero-order valence-corrected chi connectivity index (χ0v) is 7.84. The van der Waals surface area contributed by atoms with Gasteiger partial charge in [0.05, 0.1) is 0 Å². The van der Waals surface area contributed by atoms with Crippen LogP contribution in [-0.2, 0) is 10.1 Å². The molecule has 1 unspecified atom stereocenters. The van der Waals surface area contributed by atoms with Crippen molar-refractivity contribution in [2.75, 3.05) is 0 Å². The first-order valence-corrected chi connectivity index (χ1v) is 5.46. The van der Waals surface area contributed by atoms with Gasteiger partial charge in [0.2, 0.25) is 0 Å². The van der Waals surface area contributed by atoms with Gasteiger partial charge in [0.15, 0.2) is 4.93 Å². The van der Waals surface area contributed by atoms with E-state index in [0.29, 0.717) is 0 Å². The highest BCUT2D eigenvalue weighted by Gasteiger charge is 2.39. The van der Waals surface area contributed by atoms with Gasteiger partial charge in [-0.1, -0.05) is 19.3 Å². The maximum Gasteiger partial charge on any atom is 0.294 e. The average Bonchev–Trinajstić information content (AvgIpc) is 1.76. The van der Waals surface area contributed by atoms with Crippen LogP contribution in [0.5, 0.6) is 0 Å². The van der Waals surface area contributed by atoms with Crippen molar-refractivity contribution in [3.8, 4) is 0 Å². The second-order valence-corrected chi connectivity index (χ2v) is 5.48. The fourth-order valence-corrected chi connectivity index (χ4v) is 1.78. The van der Waals surface area contributed by atoms with Crippen molar-refractivity contribution in [1.29, 1.82) is 0 Å². The molecule has 4 nitrogen and oxygen atoms in total. The summed E-state index contributed by atoms with van der Waals surface area (Å²) in [6.07, 6.45) is 3.13. The molecule has 1 saturated carbocycles. The molecule has 72 valence electrons. The number of aliphatic hydroxyl groups is 1. The molecule has 1 fully saturated rings. The Morgan fingerprint density at radius 3 is 2.25 bits per heavy atom. The van der Waals surface area contributed by atoms with Gasteiger partial charge in [-0.3, -0.25) is 4.55 Å². The number of rotatable bonds is 3. The molecule has 0 bridgehead atoms. The lowest BCUT2D eigenvalue weighted by atomic mass is 9.81. The van der Waals surface area contributed by atoms with Crippen LogP contribution in [0.1, 0.15) is 32.6 Å². The van der Waals surface area contributed by atoms with Gasteiger partial charge in [0.25, 0.3) is 10.1 Å². The molecule has 0 heterocycles. The van der Waals surface area contributed by atoms with Crippen LogP contribution in [0.3, 0.4) is 0 Å². The Kier molecular flexibility index (Phi) is 2.47. The van der Waals surface area contributed by atoms with E-state index in [9.17, 15) is 13.5 Å². The van der Waals surface area contributed by atoms with E-state index in [4.69, 9.17) is 4.55 Å². The third-order valence-corrected chi connectivity index (χ3v) is 3.73. The van der Waals surface area contributed by atoms with Gasteiger partial charge in [0.1, 0.15) is 0 Å². The fourth-order valence-electron chi connectivity index (χ4n) is 1.34. The van der Waals surface area contributed by atoms with Gasteiger partial charge in [0, 0.05) is 0 Å². The molecule has 0 spiro atoms. The largest absolute Gasteiger partial charge is 0.373 e. The van der Waals surface area contributed by atoms with E-state index in [0.717, 1.165) is 26.2 Å². The van der Waals surface area contributed by atoms with E-state index >= 15 is 0 Å². The third kappa shape index (κ3) is 1.97. The van der Waals surface area contributed by atoms with Crippen molar-refractivity contribution in [2.24, 2.45) is 5.92 Å². The van der Waals surface area contributed by atoms with Crippen LogP contribution in [0, 0.1) is 5.92 Å². The Morgan fingerprint density at radius 2 is 2.00 bits per heavy atom. The predicted octanol–water partition coefficient (Wildman–Crippen LogP) is 0.773. The van der Waals surface area contributed by atoms with Crippen molar-refractivity contribution in [3.05, 3.63) is 0 Å². The first kappa shape index (κ1) is 9.95. The predicted molar refractivity (Wildman–Crippen MR) is 44.1 cm³/mol. The molecule has 0 radical (unpaired) electrons. The highest BCUT2D eigenvalue weighted by atomic mass is 32.2. The summed E-state index contributed by atoms with van der Waals surface area (Å²) in [4.78, 5) is -1.96. The topological polar surface area (TPSA) is 74.6 Å². The SMILES string of the molecule is CC(O)(CC1CCC1)S(=O)(=O)O. The number of hydrogen-bond acceptors (Lipinski definition) is 3.